The van der Waals surface area contributed by atoms with E-state index in [-0.39, 0.29) is 23.5 Å². The standard InChI is InChI=1S/C23H21ClFN3O3/c24-12-14-5-6-20-15(9-14)10-16(13-30-20)26-23(29)19-11-22-28(27-19)8-7-21(31-22)17-3-1-2-4-18(17)25/h1-6,9,11,16,21H,7-8,10,12-13H2,(H,26,29)/t16-,21?/m1/s1. The molecule has 8 heteroatoms. The number of benzene rings is 2. The van der Waals surface area contributed by atoms with E-state index >= 15 is 0 Å². The van der Waals surface area contributed by atoms with Crippen molar-refractivity contribution in [1.29, 1.82) is 0 Å². The van der Waals surface area contributed by atoms with Gasteiger partial charge >= 0.3 is 0 Å². The van der Waals surface area contributed by atoms with Crippen LogP contribution in [0.3, 0.4) is 0 Å². The number of aryl methyl sites for hydroxylation is 1. The van der Waals surface area contributed by atoms with Gasteiger partial charge in [0.05, 0.1) is 6.04 Å². The molecule has 2 aromatic carbocycles. The van der Waals surface area contributed by atoms with Gasteiger partial charge in [-0.05, 0) is 29.7 Å². The van der Waals surface area contributed by atoms with Crippen molar-refractivity contribution >= 4 is 17.5 Å². The smallest absolute Gasteiger partial charge is 0.272 e. The predicted molar refractivity (Wildman–Crippen MR) is 113 cm³/mol. The summed E-state index contributed by atoms with van der Waals surface area (Å²) in [5.74, 6) is 1.12. The van der Waals surface area contributed by atoms with Crippen molar-refractivity contribution < 1.29 is 18.7 Å². The Morgan fingerprint density at radius 2 is 2.13 bits per heavy atom. The average Bonchev–Trinajstić information content (AvgIpc) is 3.22. The molecule has 6 nitrogen and oxygen atoms in total. The van der Waals surface area contributed by atoms with Gasteiger partial charge in [0.2, 0.25) is 5.88 Å². The third-order valence-electron chi connectivity index (χ3n) is 5.61. The fraction of sp³-hybridized carbons (Fsp3) is 0.304. The molecule has 160 valence electrons. The third kappa shape index (κ3) is 3.97. The highest BCUT2D eigenvalue weighted by Gasteiger charge is 2.28. The number of carbonyl (C=O) groups excluding carboxylic acids is 1. The summed E-state index contributed by atoms with van der Waals surface area (Å²) < 4.78 is 27.5. The first-order valence-corrected chi connectivity index (χ1v) is 10.7. The molecule has 0 radical (unpaired) electrons. The maximum atomic E-state index is 14.1. The molecule has 31 heavy (non-hydrogen) atoms. The highest BCUT2D eigenvalue weighted by atomic mass is 35.5. The molecule has 2 atom stereocenters. The number of hydrogen-bond acceptors (Lipinski definition) is 4. The minimum absolute atomic E-state index is 0.170. The van der Waals surface area contributed by atoms with Crippen LogP contribution >= 0.6 is 11.6 Å². The molecule has 2 aliphatic heterocycles. The first kappa shape index (κ1) is 19.9. The summed E-state index contributed by atoms with van der Waals surface area (Å²) in [6.45, 7) is 0.932. The zero-order valence-electron chi connectivity index (χ0n) is 16.7. The lowest BCUT2D eigenvalue weighted by Gasteiger charge is -2.26. The number of halogens is 2. The largest absolute Gasteiger partial charge is 0.491 e. The summed E-state index contributed by atoms with van der Waals surface area (Å²) in [5, 5.41) is 7.35. The van der Waals surface area contributed by atoms with Gasteiger partial charge in [0, 0.05) is 30.5 Å². The van der Waals surface area contributed by atoms with E-state index in [1.807, 2.05) is 18.2 Å². The normalized spacial score (nSPS) is 19.5. The monoisotopic (exact) mass is 441 g/mol. The van der Waals surface area contributed by atoms with Crippen LogP contribution in [0.15, 0.2) is 48.5 Å². The van der Waals surface area contributed by atoms with Crippen molar-refractivity contribution in [2.24, 2.45) is 0 Å². The second-order valence-corrected chi connectivity index (χ2v) is 8.04. The number of rotatable bonds is 4. The molecule has 0 saturated carbocycles. The maximum Gasteiger partial charge on any atom is 0.272 e. The Bertz CT molecular complexity index is 1130. The van der Waals surface area contributed by atoms with Crippen LogP contribution < -0.4 is 14.8 Å². The molecule has 1 N–H and O–H groups in total. The van der Waals surface area contributed by atoms with Crippen molar-refractivity contribution in [2.75, 3.05) is 6.61 Å². The van der Waals surface area contributed by atoms with Crippen LogP contribution in [0, 0.1) is 5.82 Å². The number of ether oxygens (including phenoxy) is 2. The van der Waals surface area contributed by atoms with Crippen molar-refractivity contribution in [3.8, 4) is 11.6 Å². The Labute approximate surface area is 183 Å². The Balaban J connectivity index is 1.27. The zero-order chi connectivity index (χ0) is 21.4. The van der Waals surface area contributed by atoms with Gasteiger partial charge < -0.3 is 14.8 Å². The molecule has 2 aliphatic rings. The molecule has 1 amide bonds. The minimum atomic E-state index is -0.402. The molecule has 0 bridgehead atoms. The van der Waals surface area contributed by atoms with Gasteiger partial charge in [0.15, 0.2) is 5.69 Å². The number of alkyl halides is 1. The lowest BCUT2D eigenvalue weighted by molar-refractivity contribution is 0.0909. The topological polar surface area (TPSA) is 65.4 Å². The van der Waals surface area contributed by atoms with Crippen molar-refractivity contribution in [3.63, 3.8) is 0 Å². The molecule has 3 heterocycles. The highest BCUT2D eigenvalue weighted by Crippen LogP contribution is 2.32. The average molecular weight is 442 g/mol. The molecule has 0 spiro atoms. The van der Waals surface area contributed by atoms with E-state index < -0.39 is 6.10 Å². The summed E-state index contributed by atoms with van der Waals surface area (Å²) >= 11 is 5.92. The van der Waals surface area contributed by atoms with E-state index in [1.165, 1.54) is 6.07 Å². The van der Waals surface area contributed by atoms with Gasteiger partial charge in [-0.25, -0.2) is 9.07 Å². The van der Waals surface area contributed by atoms with E-state index in [0.29, 0.717) is 43.3 Å². The van der Waals surface area contributed by atoms with Crippen LogP contribution in [0.4, 0.5) is 4.39 Å². The van der Waals surface area contributed by atoms with E-state index in [9.17, 15) is 9.18 Å². The first-order chi connectivity index (χ1) is 15.1. The van der Waals surface area contributed by atoms with Gasteiger partial charge in [0.25, 0.3) is 5.91 Å². The second kappa shape index (κ2) is 8.23. The predicted octanol–water partition coefficient (Wildman–Crippen LogP) is 4.02. The molecule has 0 fully saturated rings. The molecular weight excluding hydrogens is 421 g/mol. The van der Waals surface area contributed by atoms with Gasteiger partial charge in [-0.15, -0.1) is 11.6 Å². The number of aromatic nitrogens is 2. The van der Waals surface area contributed by atoms with Crippen LogP contribution in [0.5, 0.6) is 11.6 Å². The van der Waals surface area contributed by atoms with Crippen LogP contribution in [0.2, 0.25) is 0 Å². The number of carbonyl (C=O) groups is 1. The highest BCUT2D eigenvalue weighted by molar-refractivity contribution is 6.17. The molecule has 3 aromatic rings. The lowest BCUT2D eigenvalue weighted by atomic mass is 10.0. The number of fused-ring (bicyclic) bond motifs is 2. The molecular formula is C23H21ClFN3O3. The summed E-state index contributed by atoms with van der Waals surface area (Å²) in [4.78, 5) is 12.8. The van der Waals surface area contributed by atoms with Crippen LogP contribution in [0.1, 0.15) is 39.7 Å². The Hall–Kier alpha value is -3.06. The first-order valence-electron chi connectivity index (χ1n) is 10.2. The molecule has 0 saturated heterocycles. The van der Waals surface area contributed by atoms with Crippen molar-refractivity contribution in [3.05, 3.63) is 76.7 Å². The molecule has 1 unspecified atom stereocenters. The Kier molecular flexibility index (Phi) is 5.28. The molecule has 5 rings (SSSR count). The van der Waals surface area contributed by atoms with Gasteiger partial charge in [-0.1, -0.05) is 30.3 Å². The lowest BCUT2D eigenvalue weighted by Crippen LogP contribution is -2.42. The van der Waals surface area contributed by atoms with Crippen LogP contribution in [0.25, 0.3) is 0 Å². The summed E-state index contributed by atoms with van der Waals surface area (Å²) in [5.41, 5.74) is 2.81. The Morgan fingerprint density at radius 3 is 2.97 bits per heavy atom. The van der Waals surface area contributed by atoms with Crippen LogP contribution in [-0.2, 0) is 18.8 Å². The SMILES string of the molecule is O=C(N[C@H]1COc2ccc(CCl)cc2C1)c1cc2n(n1)CCC(c1ccccc1F)O2. The maximum absolute atomic E-state index is 14.1. The summed E-state index contributed by atoms with van der Waals surface area (Å²) in [6.07, 6.45) is 0.832. The van der Waals surface area contributed by atoms with Crippen LogP contribution in [-0.4, -0.2) is 28.3 Å². The summed E-state index contributed by atoms with van der Waals surface area (Å²) in [7, 11) is 0. The zero-order valence-corrected chi connectivity index (χ0v) is 17.4. The quantitative estimate of drug-likeness (QED) is 0.621. The van der Waals surface area contributed by atoms with E-state index in [0.717, 1.165) is 16.9 Å². The van der Waals surface area contributed by atoms with E-state index in [4.69, 9.17) is 21.1 Å². The fourth-order valence-corrected chi connectivity index (χ4v) is 4.21. The van der Waals surface area contributed by atoms with Gasteiger partial charge in [-0.3, -0.25) is 4.79 Å². The van der Waals surface area contributed by atoms with E-state index in [2.05, 4.69) is 10.4 Å². The number of nitrogens with zero attached hydrogens (tertiary/aromatic N) is 2. The molecule has 0 aliphatic carbocycles. The minimum Gasteiger partial charge on any atom is -0.491 e. The van der Waals surface area contributed by atoms with Gasteiger partial charge in [0.1, 0.15) is 24.3 Å². The number of hydrogen-bond donors (Lipinski definition) is 1. The number of amides is 1. The molecule has 1 aromatic heterocycles. The Morgan fingerprint density at radius 1 is 1.26 bits per heavy atom. The number of nitrogens with one attached hydrogen (secondary N) is 1. The van der Waals surface area contributed by atoms with Crippen molar-refractivity contribution in [1.82, 2.24) is 15.1 Å². The third-order valence-corrected chi connectivity index (χ3v) is 5.92. The fourth-order valence-electron chi connectivity index (χ4n) is 4.05. The van der Waals surface area contributed by atoms with Crippen molar-refractivity contribution in [2.45, 2.75) is 37.4 Å². The van der Waals surface area contributed by atoms with Gasteiger partial charge in [-0.2, -0.15) is 5.10 Å². The second-order valence-electron chi connectivity index (χ2n) is 7.77. The van der Waals surface area contributed by atoms with E-state index in [1.54, 1.807) is 28.9 Å². The summed E-state index contributed by atoms with van der Waals surface area (Å²) in [6, 6.07) is 13.9.